The lowest BCUT2D eigenvalue weighted by Gasteiger charge is -2.28. The topological polar surface area (TPSA) is 49.9 Å². The van der Waals surface area contributed by atoms with Crippen molar-refractivity contribution in [1.82, 2.24) is 9.80 Å². The molecule has 17 heavy (non-hydrogen) atoms. The number of carbonyl (C=O) groups excluding carboxylic acids is 2. The first-order valence-electron chi connectivity index (χ1n) is 6.47. The summed E-state index contributed by atoms with van der Waals surface area (Å²) in [5, 5.41) is 0. The fourth-order valence-electron chi connectivity index (χ4n) is 2.32. The van der Waals surface area contributed by atoms with Gasteiger partial charge in [0, 0.05) is 19.6 Å². The molecule has 0 spiro atoms. The zero-order valence-corrected chi connectivity index (χ0v) is 10.2. The molecule has 0 bridgehead atoms. The van der Waals surface area contributed by atoms with Gasteiger partial charge in [-0.3, -0.25) is 9.69 Å². The van der Waals surface area contributed by atoms with Crippen LogP contribution in [0.25, 0.3) is 0 Å². The minimum atomic E-state index is -0.348. The van der Waals surface area contributed by atoms with E-state index in [1.165, 1.54) is 17.7 Å². The molecule has 2 rings (SSSR count). The van der Waals surface area contributed by atoms with Gasteiger partial charge in [-0.15, -0.1) is 0 Å². The lowest BCUT2D eigenvalue weighted by atomic mass is 10.2. The highest BCUT2D eigenvalue weighted by Gasteiger charge is 2.24. The van der Waals surface area contributed by atoms with Crippen LogP contribution in [0.3, 0.4) is 0 Å². The number of ether oxygens (including phenoxy) is 1. The Morgan fingerprint density at radius 1 is 1.06 bits per heavy atom. The summed E-state index contributed by atoms with van der Waals surface area (Å²) in [4.78, 5) is 26.8. The van der Waals surface area contributed by atoms with Gasteiger partial charge in [-0.1, -0.05) is 12.8 Å². The third kappa shape index (κ3) is 3.35. The van der Waals surface area contributed by atoms with Crippen LogP contribution in [0.4, 0.5) is 4.79 Å². The highest BCUT2D eigenvalue weighted by atomic mass is 16.6. The summed E-state index contributed by atoms with van der Waals surface area (Å²) in [6, 6.07) is 0. The highest BCUT2D eigenvalue weighted by molar-refractivity contribution is 5.82. The van der Waals surface area contributed by atoms with Gasteiger partial charge in [-0.2, -0.15) is 0 Å². The molecule has 0 unspecified atom stereocenters. The van der Waals surface area contributed by atoms with Crippen molar-refractivity contribution in [3.05, 3.63) is 0 Å². The molecule has 0 aromatic rings. The number of rotatable bonds is 2. The van der Waals surface area contributed by atoms with Gasteiger partial charge < -0.3 is 9.64 Å². The molecule has 0 saturated carbocycles. The standard InChI is InChI=1S/C12H20N2O3/c15-11(13-6-3-1-2-4-7-13)10-14-8-5-9-17-12(14)16/h1-10H2. The summed E-state index contributed by atoms with van der Waals surface area (Å²) in [7, 11) is 0. The molecule has 96 valence electrons. The lowest BCUT2D eigenvalue weighted by Crippen LogP contribution is -2.46. The van der Waals surface area contributed by atoms with E-state index in [1.54, 1.807) is 0 Å². The van der Waals surface area contributed by atoms with E-state index < -0.39 is 0 Å². The normalized spacial score (nSPS) is 22.0. The molecule has 2 saturated heterocycles. The van der Waals surface area contributed by atoms with Gasteiger partial charge in [0.15, 0.2) is 0 Å². The van der Waals surface area contributed by atoms with E-state index in [1.807, 2.05) is 4.90 Å². The number of carbonyl (C=O) groups is 2. The molecule has 0 N–H and O–H groups in total. The molecular weight excluding hydrogens is 220 g/mol. The quantitative estimate of drug-likeness (QED) is 0.729. The third-order valence-electron chi connectivity index (χ3n) is 3.34. The SMILES string of the molecule is O=C(CN1CCCOC1=O)N1CCCCCC1. The maximum Gasteiger partial charge on any atom is 0.410 e. The van der Waals surface area contributed by atoms with Gasteiger partial charge in [0.1, 0.15) is 6.54 Å². The molecule has 2 fully saturated rings. The summed E-state index contributed by atoms with van der Waals surface area (Å²) in [6.07, 6.45) is 5.04. The van der Waals surface area contributed by atoms with E-state index in [2.05, 4.69) is 0 Å². The third-order valence-corrected chi connectivity index (χ3v) is 3.34. The van der Waals surface area contributed by atoms with Crippen molar-refractivity contribution in [2.24, 2.45) is 0 Å². The molecule has 2 amide bonds. The second-order valence-corrected chi connectivity index (χ2v) is 4.68. The summed E-state index contributed by atoms with van der Waals surface area (Å²) >= 11 is 0. The summed E-state index contributed by atoms with van der Waals surface area (Å²) in [6.45, 7) is 2.97. The first-order valence-corrected chi connectivity index (χ1v) is 6.47. The van der Waals surface area contributed by atoms with Crippen LogP contribution in [0.5, 0.6) is 0 Å². The van der Waals surface area contributed by atoms with E-state index in [4.69, 9.17) is 4.74 Å². The van der Waals surface area contributed by atoms with Crippen LogP contribution in [0, 0.1) is 0 Å². The molecule has 0 aliphatic carbocycles. The van der Waals surface area contributed by atoms with Crippen LogP contribution in [-0.4, -0.2) is 54.6 Å². The Morgan fingerprint density at radius 2 is 1.76 bits per heavy atom. The van der Waals surface area contributed by atoms with Crippen molar-refractivity contribution in [3.8, 4) is 0 Å². The molecule has 0 radical (unpaired) electrons. The van der Waals surface area contributed by atoms with Crippen LogP contribution in [-0.2, 0) is 9.53 Å². The van der Waals surface area contributed by atoms with Crippen LogP contribution < -0.4 is 0 Å². The number of amides is 2. The Balaban J connectivity index is 1.84. The first kappa shape index (κ1) is 12.2. The molecule has 2 aliphatic heterocycles. The van der Waals surface area contributed by atoms with Crippen molar-refractivity contribution < 1.29 is 14.3 Å². The van der Waals surface area contributed by atoms with Gasteiger partial charge >= 0.3 is 6.09 Å². The summed E-state index contributed by atoms with van der Waals surface area (Å²) in [5.41, 5.74) is 0. The molecule has 0 aromatic carbocycles. The number of likely N-dealkylation sites (tertiary alicyclic amines) is 1. The van der Waals surface area contributed by atoms with Gasteiger partial charge in [0.2, 0.25) is 5.91 Å². The minimum Gasteiger partial charge on any atom is -0.449 e. The fourth-order valence-corrected chi connectivity index (χ4v) is 2.32. The molecular formula is C12H20N2O3. The molecule has 2 aliphatic rings. The average Bonchev–Trinajstić information content (AvgIpc) is 2.61. The second-order valence-electron chi connectivity index (χ2n) is 4.68. The fraction of sp³-hybridized carbons (Fsp3) is 0.833. The molecule has 0 atom stereocenters. The van der Waals surface area contributed by atoms with Crippen LogP contribution in [0.2, 0.25) is 0 Å². The molecule has 0 aromatic heterocycles. The van der Waals surface area contributed by atoms with E-state index in [9.17, 15) is 9.59 Å². The number of cyclic esters (lactones) is 1. The lowest BCUT2D eigenvalue weighted by molar-refractivity contribution is -0.132. The molecule has 5 heteroatoms. The predicted octanol–water partition coefficient (Wildman–Crippen LogP) is 1.23. The van der Waals surface area contributed by atoms with E-state index in [-0.39, 0.29) is 18.5 Å². The zero-order valence-electron chi connectivity index (χ0n) is 10.2. The maximum absolute atomic E-state index is 12.0. The predicted molar refractivity (Wildman–Crippen MR) is 62.6 cm³/mol. The molecule has 2 heterocycles. The smallest absolute Gasteiger partial charge is 0.410 e. The van der Waals surface area contributed by atoms with Crippen molar-refractivity contribution in [2.75, 3.05) is 32.8 Å². The Labute approximate surface area is 102 Å². The summed E-state index contributed by atoms with van der Waals surface area (Å²) < 4.78 is 4.92. The zero-order chi connectivity index (χ0) is 12.1. The first-order chi connectivity index (χ1) is 8.27. The van der Waals surface area contributed by atoms with Crippen LogP contribution >= 0.6 is 0 Å². The Bertz CT molecular complexity index is 285. The van der Waals surface area contributed by atoms with Gasteiger partial charge in [-0.25, -0.2) is 4.79 Å². The second kappa shape index (κ2) is 5.89. The number of nitrogens with zero attached hydrogens (tertiary/aromatic N) is 2. The van der Waals surface area contributed by atoms with Crippen molar-refractivity contribution in [1.29, 1.82) is 0 Å². The molecule has 5 nitrogen and oxygen atoms in total. The minimum absolute atomic E-state index is 0.0609. The highest BCUT2D eigenvalue weighted by Crippen LogP contribution is 2.11. The van der Waals surface area contributed by atoms with E-state index >= 15 is 0 Å². The number of hydrogen-bond acceptors (Lipinski definition) is 3. The Hall–Kier alpha value is -1.26. The van der Waals surface area contributed by atoms with Crippen molar-refractivity contribution in [2.45, 2.75) is 32.1 Å². The maximum atomic E-state index is 12.0. The van der Waals surface area contributed by atoms with Crippen molar-refractivity contribution >= 4 is 12.0 Å². The van der Waals surface area contributed by atoms with Crippen LogP contribution in [0.15, 0.2) is 0 Å². The summed E-state index contributed by atoms with van der Waals surface area (Å²) in [5.74, 6) is 0.0609. The van der Waals surface area contributed by atoms with E-state index in [0.717, 1.165) is 32.4 Å². The largest absolute Gasteiger partial charge is 0.449 e. The Kier molecular flexibility index (Phi) is 4.23. The van der Waals surface area contributed by atoms with Gasteiger partial charge in [-0.05, 0) is 19.3 Å². The Morgan fingerprint density at radius 3 is 2.41 bits per heavy atom. The van der Waals surface area contributed by atoms with Gasteiger partial charge in [0.05, 0.1) is 6.61 Å². The van der Waals surface area contributed by atoms with E-state index in [0.29, 0.717) is 13.2 Å². The van der Waals surface area contributed by atoms with Gasteiger partial charge in [0.25, 0.3) is 0 Å². The average molecular weight is 240 g/mol. The number of hydrogen-bond donors (Lipinski definition) is 0. The monoisotopic (exact) mass is 240 g/mol. The van der Waals surface area contributed by atoms with Crippen LogP contribution in [0.1, 0.15) is 32.1 Å². The van der Waals surface area contributed by atoms with Crippen molar-refractivity contribution in [3.63, 3.8) is 0 Å².